The fraction of sp³-hybridized carbons (Fsp3) is 0.474. The largest absolute Gasteiger partial charge is 0.497 e. The quantitative estimate of drug-likeness (QED) is 0.832. The van der Waals surface area contributed by atoms with Gasteiger partial charge in [-0.25, -0.2) is 4.79 Å². The minimum Gasteiger partial charge on any atom is -0.497 e. The van der Waals surface area contributed by atoms with Gasteiger partial charge in [0.1, 0.15) is 11.5 Å². The fourth-order valence-corrected chi connectivity index (χ4v) is 3.36. The number of aromatic nitrogens is 2. The van der Waals surface area contributed by atoms with Crippen molar-refractivity contribution in [1.29, 1.82) is 0 Å². The van der Waals surface area contributed by atoms with E-state index >= 15 is 0 Å². The van der Waals surface area contributed by atoms with Gasteiger partial charge in [-0.2, -0.15) is 5.10 Å². The number of nitrogens with zero attached hydrogens (tertiary/aromatic N) is 2. The molecule has 0 atom stereocenters. The Hall–Kier alpha value is -2.70. The minimum atomic E-state index is 0.000499. The summed E-state index contributed by atoms with van der Waals surface area (Å²) in [5.74, 6) is 2.00. The van der Waals surface area contributed by atoms with Crippen molar-refractivity contribution in [2.45, 2.75) is 25.2 Å². The van der Waals surface area contributed by atoms with E-state index in [0.29, 0.717) is 18.9 Å². The Morgan fingerprint density at radius 1 is 1.27 bits per heavy atom. The van der Waals surface area contributed by atoms with Gasteiger partial charge in [0.15, 0.2) is 0 Å². The summed E-state index contributed by atoms with van der Waals surface area (Å²) in [6.45, 7) is 2.10. The van der Waals surface area contributed by atoms with Crippen LogP contribution in [0.25, 0.3) is 0 Å². The van der Waals surface area contributed by atoms with Crippen LogP contribution in [0.1, 0.15) is 30.0 Å². The molecule has 1 saturated heterocycles. The van der Waals surface area contributed by atoms with Crippen LogP contribution < -0.4 is 14.8 Å². The molecule has 140 valence electrons. The smallest absolute Gasteiger partial charge is 0.317 e. The van der Waals surface area contributed by atoms with E-state index < -0.39 is 0 Å². The molecule has 0 spiro atoms. The number of likely N-dealkylation sites (tertiary alicyclic amines) is 1. The minimum absolute atomic E-state index is 0.000499. The van der Waals surface area contributed by atoms with Gasteiger partial charge in [0.05, 0.1) is 14.2 Å². The van der Waals surface area contributed by atoms with Crippen molar-refractivity contribution in [3.63, 3.8) is 0 Å². The molecule has 2 aromatic rings. The normalized spacial score (nSPS) is 14.9. The average molecular weight is 358 g/mol. The number of piperidine rings is 1. The number of amides is 2. The summed E-state index contributed by atoms with van der Waals surface area (Å²) in [5.41, 5.74) is 2.21. The SMILES string of the molecule is COc1ccc(CCNC(=O)N2CCC(c3ccn[nH]3)CC2)c(OC)c1. The number of aromatic amines is 1. The van der Waals surface area contributed by atoms with Crippen molar-refractivity contribution < 1.29 is 14.3 Å². The second-order valence-electron chi connectivity index (χ2n) is 6.43. The van der Waals surface area contributed by atoms with E-state index in [9.17, 15) is 4.79 Å². The maximum absolute atomic E-state index is 12.4. The van der Waals surface area contributed by atoms with Gasteiger partial charge in [-0.05, 0) is 37.0 Å². The number of ether oxygens (including phenoxy) is 2. The molecule has 26 heavy (non-hydrogen) atoms. The first kappa shape index (κ1) is 18.1. The maximum atomic E-state index is 12.4. The topological polar surface area (TPSA) is 79.5 Å². The second-order valence-corrected chi connectivity index (χ2v) is 6.43. The molecule has 1 fully saturated rings. The number of nitrogens with one attached hydrogen (secondary N) is 2. The second kappa shape index (κ2) is 8.60. The van der Waals surface area contributed by atoms with E-state index in [1.807, 2.05) is 29.2 Å². The number of carbonyl (C=O) groups excluding carboxylic acids is 1. The number of benzene rings is 1. The Balaban J connectivity index is 1.45. The molecule has 3 rings (SSSR count). The van der Waals surface area contributed by atoms with Crippen molar-refractivity contribution in [2.24, 2.45) is 0 Å². The predicted molar refractivity (Wildman–Crippen MR) is 98.8 cm³/mol. The van der Waals surface area contributed by atoms with Gasteiger partial charge >= 0.3 is 6.03 Å². The summed E-state index contributed by atoms with van der Waals surface area (Å²) in [6.07, 6.45) is 4.41. The summed E-state index contributed by atoms with van der Waals surface area (Å²) >= 11 is 0. The van der Waals surface area contributed by atoms with Crippen LogP contribution in [-0.4, -0.2) is 55.0 Å². The Morgan fingerprint density at radius 2 is 2.08 bits per heavy atom. The molecule has 7 heteroatoms. The lowest BCUT2D eigenvalue weighted by molar-refractivity contribution is 0.181. The highest BCUT2D eigenvalue weighted by atomic mass is 16.5. The molecule has 0 saturated carbocycles. The van der Waals surface area contributed by atoms with Crippen LogP contribution >= 0.6 is 0 Å². The summed E-state index contributed by atoms with van der Waals surface area (Å²) < 4.78 is 10.6. The first-order valence-corrected chi connectivity index (χ1v) is 8.94. The summed E-state index contributed by atoms with van der Waals surface area (Å²) in [6, 6.07) is 7.75. The molecular formula is C19H26N4O3. The summed E-state index contributed by atoms with van der Waals surface area (Å²) in [7, 11) is 3.27. The van der Waals surface area contributed by atoms with Crippen molar-refractivity contribution in [3.8, 4) is 11.5 Å². The average Bonchev–Trinajstić information content (AvgIpc) is 3.23. The zero-order valence-electron chi connectivity index (χ0n) is 15.3. The van der Waals surface area contributed by atoms with Crippen molar-refractivity contribution in [1.82, 2.24) is 20.4 Å². The van der Waals surface area contributed by atoms with Gasteiger partial charge in [-0.1, -0.05) is 6.07 Å². The Bertz CT molecular complexity index is 710. The van der Waals surface area contributed by atoms with Gasteiger partial charge < -0.3 is 19.7 Å². The van der Waals surface area contributed by atoms with Crippen molar-refractivity contribution in [2.75, 3.05) is 33.9 Å². The monoisotopic (exact) mass is 358 g/mol. The third-order valence-electron chi connectivity index (χ3n) is 4.91. The van der Waals surface area contributed by atoms with Gasteiger partial charge in [0.25, 0.3) is 0 Å². The zero-order chi connectivity index (χ0) is 18.4. The predicted octanol–water partition coefficient (Wildman–Crippen LogP) is 2.56. The molecule has 0 aliphatic carbocycles. The highest BCUT2D eigenvalue weighted by molar-refractivity contribution is 5.74. The van der Waals surface area contributed by atoms with Gasteiger partial charge in [-0.3, -0.25) is 5.10 Å². The number of carbonyl (C=O) groups is 1. The van der Waals surface area contributed by atoms with Crippen LogP contribution in [0.15, 0.2) is 30.5 Å². The molecule has 1 aromatic heterocycles. The lowest BCUT2D eigenvalue weighted by atomic mass is 9.94. The number of hydrogen-bond acceptors (Lipinski definition) is 4. The zero-order valence-corrected chi connectivity index (χ0v) is 15.3. The number of hydrogen-bond donors (Lipinski definition) is 2. The number of H-pyrrole nitrogens is 1. The van der Waals surface area contributed by atoms with Crippen molar-refractivity contribution >= 4 is 6.03 Å². The summed E-state index contributed by atoms with van der Waals surface area (Å²) in [5, 5.41) is 10.1. The maximum Gasteiger partial charge on any atom is 0.317 e. The van der Waals surface area contributed by atoms with Crippen LogP contribution in [-0.2, 0) is 6.42 Å². The van der Waals surface area contributed by atoms with Crippen LogP contribution in [0.2, 0.25) is 0 Å². The molecule has 1 aromatic carbocycles. The molecule has 0 radical (unpaired) electrons. The molecule has 7 nitrogen and oxygen atoms in total. The van der Waals surface area contributed by atoms with Gasteiger partial charge in [0, 0.05) is 43.5 Å². The summed E-state index contributed by atoms with van der Waals surface area (Å²) in [4.78, 5) is 14.3. The highest BCUT2D eigenvalue weighted by Gasteiger charge is 2.24. The van der Waals surface area contributed by atoms with E-state index in [-0.39, 0.29) is 6.03 Å². The van der Waals surface area contributed by atoms with Crippen LogP contribution in [0.5, 0.6) is 11.5 Å². The molecule has 1 aliphatic heterocycles. The van der Waals surface area contributed by atoms with Gasteiger partial charge in [-0.15, -0.1) is 0 Å². The van der Waals surface area contributed by atoms with Crippen molar-refractivity contribution in [3.05, 3.63) is 41.7 Å². The fourth-order valence-electron chi connectivity index (χ4n) is 3.36. The van der Waals surface area contributed by atoms with E-state index in [1.165, 1.54) is 0 Å². The molecule has 2 N–H and O–H groups in total. The Morgan fingerprint density at radius 3 is 2.73 bits per heavy atom. The Kier molecular flexibility index (Phi) is 5.99. The lowest BCUT2D eigenvalue weighted by Gasteiger charge is -2.31. The van der Waals surface area contributed by atoms with E-state index in [2.05, 4.69) is 15.5 Å². The van der Waals surface area contributed by atoms with Crippen LogP contribution in [0, 0.1) is 0 Å². The van der Waals surface area contributed by atoms with E-state index in [1.54, 1.807) is 20.4 Å². The van der Waals surface area contributed by atoms with E-state index in [4.69, 9.17) is 9.47 Å². The Labute approximate surface area is 153 Å². The van der Waals surface area contributed by atoms with Crippen LogP contribution in [0.3, 0.4) is 0 Å². The third-order valence-corrected chi connectivity index (χ3v) is 4.91. The third kappa shape index (κ3) is 4.28. The van der Waals surface area contributed by atoms with Gasteiger partial charge in [0.2, 0.25) is 0 Å². The molecule has 0 bridgehead atoms. The number of methoxy groups -OCH3 is 2. The lowest BCUT2D eigenvalue weighted by Crippen LogP contribution is -2.44. The molecular weight excluding hydrogens is 332 g/mol. The highest BCUT2D eigenvalue weighted by Crippen LogP contribution is 2.26. The molecule has 1 aliphatic rings. The molecule has 2 amide bonds. The van der Waals surface area contributed by atoms with E-state index in [0.717, 1.165) is 48.7 Å². The number of rotatable bonds is 6. The first-order chi connectivity index (χ1) is 12.7. The number of urea groups is 1. The molecule has 2 heterocycles. The standard InChI is InChI=1S/C19H26N4O3/c1-25-16-4-3-15(18(13-16)26-2)5-9-20-19(24)23-11-7-14(8-12-23)17-6-10-21-22-17/h3-4,6,10,13-14H,5,7-9,11-12H2,1-2H3,(H,20,24)(H,21,22). The first-order valence-electron chi connectivity index (χ1n) is 8.94. The van der Waals surface area contributed by atoms with Crippen LogP contribution in [0.4, 0.5) is 4.79 Å². The molecule has 0 unspecified atom stereocenters.